The van der Waals surface area contributed by atoms with Crippen molar-refractivity contribution >= 4 is 16.6 Å². The Morgan fingerprint density at radius 3 is 2.06 bits per heavy atom. The third kappa shape index (κ3) is 1.96. The fraction of sp³-hybridized carbons (Fsp3) is 0.214. The van der Waals surface area contributed by atoms with Gasteiger partial charge < -0.3 is 9.47 Å². The van der Waals surface area contributed by atoms with Crippen molar-refractivity contribution in [2.45, 2.75) is 6.92 Å². The van der Waals surface area contributed by atoms with Gasteiger partial charge in [0.25, 0.3) is 0 Å². The fourth-order valence-electron chi connectivity index (χ4n) is 1.87. The van der Waals surface area contributed by atoms with Gasteiger partial charge >= 0.3 is 0 Å². The van der Waals surface area contributed by atoms with Crippen molar-refractivity contribution in [3.63, 3.8) is 0 Å². The van der Waals surface area contributed by atoms with Gasteiger partial charge in [-0.15, -0.1) is 0 Å². The van der Waals surface area contributed by atoms with E-state index in [1.165, 1.54) is 0 Å². The quantitative estimate of drug-likeness (QED) is 0.760. The summed E-state index contributed by atoms with van der Waals surface area (Å²) in [5.41, 5.74) is 0.670. The lowest BCUT2D eigenvalue weighted by molar-refractivity contribution is 0.101. The van der Waals surface area contributed by atoms with Gasteiger partial charge in [-0.25, -0.2) is 0 Å². The number of benzene rings is 2. The average Bonchev–Trinajstić information content (AvgIpc) is 2.36. The molecular formula is C14H14O3. The Bertz CT molecular complexity index is 573. The van der Waals surface area contributed by atoms with Crippen LogP contribution in [0.25, 0.3) is 10.8 Å². The molecule has 0 amide bonds. The van der Waals surface area contributed by atoms with Gasteiger partial charge in [-0.1, -0.05) is 6.07 Å². The maximum atomic E-state index is 11.4. The molecule has 2 aromatic carbocycles. The van der Waals surface area contributed by atoms with E-state index in [2.05, 4.69) is 0 Å². The number of fused-ring (bicyclic) bond motifs is 1. The molecule has 88 valence electrons. The molecule has 0 N–H and O–H groups in total. The van der Waals surface area contributed by atoms with Crippen LogP contribution in [0.1, 0.15) is 17.3 Å². The van der Waals surface area contributed by atoms with Crippen LogP contribution >= 0.6 is 0 Å². The molecule has 0 heterocycles. The second kappa shape index (κ2) is 4.45. The van der Waals surface area contributed by atoms with E-state index in [1.807, 2.05) is 24.3 Å². The molecule has 0 saturated carbocycles. The zero-order chi connectivity index (χ0) is 12.4. The molecule has 3 nitrogen and oxygen atoms in total. The first-order valence-electron chi connectivity index (χ1n) is 5.33. The van der Waals surface area contributed by atoms with Crippen LogP contribution in [0.5, 0.6) is 11.5 Å². The minimum atomic E-state index is 0.0387. The van der Waals surface area contributed by atoms with Gasteiger partial charge in [-0.3, -0.25) is 4.79 Å². The summed E-state index contributed by atoms with van der Waals surface area (Å²) in [6.07, 6.45) is 0. The predicted molar refractivity (Wildman–Crippen MR) is 67.1 cm³/mol. The van der Waals surface area contributed by atoms with Crippen LogP contribution in [0.3, 0.4) is 0 Å². The molecule has 0 aliphatic rings. The fourth-order valence-corrected chi connectivity index (χ4v) is 1.87. The number of hydrogen-bond donors (Lipinski definition) is 0. The Kier molecular flexibility index (Phi) is 3.00. The van der Waals surface area contributed by atoms with Gasteiger partial charge in [0, 0.05) is 16.3 Å². The van der Waals surface area contributed by atoms with Crippen LogP contribution in [0.4, 0.5) is 0 Å². The average molecular weight is 230 g/mol. The molecule has 0 bridgehead atoms. The van der Waals surface area contributed by atoms with Crippen LogP contribution in [-0.2, 0) is 0 Å². The molecule has 0 atom stereocenters. The molecule has 0 saturated heterocycles. The number of rotatable bonds is 3. The smallest absolute Gasteiger partial charge is 0.159 e. The topological polar surface area (TPSA) is 35.5 Å². The van der Waals surface area contributed by atoms with E-state index in [4.69, 9.17) is 9.47 Å². The molecule has 0 aromatic heterocycles. The van der Waals surface area contributed by atoms with Crippen molar-refractivity contribution in [3.8, 4) is 11.5 Å². The highest BCUT2D eigenvalue weighted by molar-refractivity contribution is 6.01. The van der Waals surface area contributed by atoms with Gasteiger partial charge in [0.1, 0.15) is 11.5 Å². The summed E-state index contributed by atoms with van der Waals surface area (Å²) < 4.78 is 10.6. The standard InChI is InChI=1S/C14H14O3/c1-9(15)10-4-5-11-12(8-10)14(17-3)7-6-13(11)16-2/h4-8H,1-3H3. The maximum absolute atomic E-state index is 11.4. The molecule has 3 heteroatoms. The summed E-state index contributed by atoms with van der Waals surface area (Å²) in [4.78, 5) is 11.4. The van der Waals surface area contributed by atoms with Crippen molar-refractivity contribution in [2.75, 3.05) is 14.2 Å². The van der Waals surface area contributed by atoms with Gasteiger partial charge in [0.05, 0.1) is 14.2 Å². The number of ether oxygens (including phenoxy) is 2. The van der Waals surface area contributed by atoms with Crippen molar-refractivity contribution in [3.05, 3.63) is 35.9 Å². The highest BCUT2D eigenvalue weighted by Gasteiger charge is 2.09. The molecule has 0 fully saturated rings. The Morgan fingerprint density at radius 1 is 0.941 bits per heavy atom. The largest absolute Gasteiger partial charge is 0.496 e. The van der Waals surface area contributed by atoms with Crippen molar-refractivity contribution < 1.29 is 14.3 Å². The van der Waals surface area contributed by atoms with Crippen molar-refractivity contribution in [2.24, 2.45) is 0 Å². The van der Waals surface area contributed by atoms with Crippen LogP contribution in [-0.4, -0.2) is 20.0 Å². The summed E-state index contributed by atoms with van der Waals surface area (Å²) in [6.45, 7) is 1.55. The summed E-state index contributed by atoms with van der Waals surface area (Å²) in [6, 6.07) is 9.21. The third-order valence-corrected chi connectivity index (χ3v) is 2.78. The summed E-state index contributed by atoms with van der Waals surface area (Å²) in [5.74, 6) is 1.55. The first-order valence-corrected chi connectivity index (χ1v) is 5.33. The Labute approximate surface area is 100.0 Å². The number of ketones is 1. The first-order chi connectivity index (χ1) is 8.17. The lowest BCUT2D eigenvalue weighted by atomic mass is 10.0. The Morgan fingerprint density at radius 2 is 1.53 bits per heavy atom. The predicted octanol–water partition coefficient (Wildman–Crippen LogP) is 3.06. The number of methoxy groups -OCH3 is 2. The highest BCUT2D eigenvalue weighted by Crippen LogP contribution is 2.33. The lowest BCUT2D eigenvalue weighted by Crippen LogP contribution is -1.94. The van der Waals surface area contributed by atoms with E-state index in [9.17, 15) is 4.79 Å². The monoisotopic (exact) mass is 230 g/mol. The van der Waals surface area contributed by atoms with Crippen molar-refractivity contribution in [1.29, 1.82) is 0 Å². The zero-order valence-electron chi connectivity index (χ0n) is 10.1. The van der Waals surface area contributed by atoms with E-state index < -0.39 is 0 Å². The second-order valence-electron chi connectivity index (χ2n) is 3.79. The van der Waals surface area contributed by atoms with Crippen molar-refractivity contribution in [1.82, 2.24) is 0 Å². The molecular weight excluding hydrogens is 216 g/mol. The molecule has 2 rings (SSSR count). The van der Waals surface area contributed by atoms with Crippen LogP contribution in [0, 0.1) is 0 Å². The van der Waals surface area contributed by atoms with Crippen LogP contribution in [0.15, 0.2) is 30.3 Å². The minimum absolute atomic E-state index is 0.0387. The number of carbonyl (C=O) groups excluding carboxylic acids is 1. The van der Waals surface area contributed by atoms with Crippen LogP contribution in [0.2, 0.25) is 0 Å². The summed E-state index contributed by atoms with van der Waals surface area (Å²) in [5, 5.41) is 1.83. The minimum Gasteiger partial charge on any atom is -0.496 e. The maximum Gasteiger partial charge on any atom is 0.159 e. The third-order valence-electron chi connectivity index (χ3n) is 2.78. The molecule has 0 unspecified atom stereocenters. The number of hydrogen-bond acceptors (Lipinski definition) is 3. The zero-order valence-corrected chi connectivity index (χ0v) is 10.1. The molecule has 0 aliphatic carbocycles. The lowest BCUT2D eigenvalue weighted by Gasteiger charge is -2.10. The van der Waals surface area contributed by atoms with Crippen LogP contribution < -0.4 is 9.47 Å². The normalized spacial score (nSPS) is 10.3. The van der Waals surface area contributed by atoms with Gasteiger partial charge in [0.15, 0.2) is 5.78 Å². The molecule has 17 heavy (non-hydrogen) atoms. The van der Waals surface area contributed by atoms with E-state index in [0.717, 1.165) is 22.3 Å². The Hall–Kier alpha value is -2.03. The molecule has 0 spiro atoms. The molecule has 2 aromatic rings. The number of Topliss-reactive ketones (excluding diaryl/α,β-unsaturated/α-hetero) is 1. The molecule has 0 aliphatic heterocycles. The first kappa shape index (κ1) is 11.5. The van der Waals surface area contributed by atoms with Gasteiger partial charge in [-0.05, 0) is 31.2 Å². The highest BCUT2D eigenvalue weighted by atomic mass is 16.5. The number of carbonyl (C=O) groups is 1. The Balaban J connectivity index is 2.77. The van der Waals surface area contributed by atoms with Gasteiger partial charge in [0.2, 0.25) is 0 Å². The summed E-state index contributed by atoms with van der Waals surface area (Å²) in [7, 11) is 3.24. The van der Waals surface area contributed by atoms with E-state index in [0.29, 0.717) is 5.56 Å². The SMILES string of the molecule is COc1ccc(OC)c2cc(C(C)=O)ccc12. The van der Waals surface area contributed by atoms with E-state index in [-0.39, 0.29) is 5.78 Å². The molecule has 0 radical (unpaired) electrons. The van der Waals surface area contributed by atoms with E-state index >= 15 is 0 Å². The van der Waals surface area contributed by atoms with E-state index in [1.54, 1.807) is 27.2 Å². The summed E-state index contributed by atoms with van der Waals surface area (Å²) >= 11 is 0. The second-order valence-corrected chi connectivity index (χ2v) is 3.79. The van der Waals surface area contributed by atoms with Gasteiger partial charge in [-0.2, -0.15) is 0 Å².